The molecule has 172 valence electrons. The van der Waals surface area contributed by atoms with Crippen LogP contribution in [0.3, 0.4) is 0 Å². The Morgan fingerprint density at radius 2 is 1.91 bits per heavy atom. The third kappa shape index (κ3) is 5.93. The van der Waals surface area contributed by atoms with Crippen molar-refractivity contribution in [3.63, 3.8) is 0 Å². The van der Waals surface area contributed by atoms with Crippen LogP contribution in [0.2, 0.25) is 5.02 Å². The average molecular weight is 467 g/mol. The normalized spacial score (nSPS) is 11.6. The number of nitrogens with two attached hydrogens (primary N) is 2. The summed E-state index contributed by atoms with van der Waals surface area (Å²) in [7, 11) is 0. The van der Waals surface area contributed by atoms with Crippen molar-refractivity contribution >= 4 is 29.0 Å². The highest BCUT2D eigenvalue weighted by Crippen LogP contribution is 2.31. The zero-order chi connectivity index (χ0) is 24.1. The first kappa shape index (κ1) is 23.9. The summed E-state index contributed by atoms with van der Waals surface area (Å²) in [6.45, 7) is 4.03. The van der Waals surface area contributed by atoms with E-state index in [1.54, 1.807) is 48.5 Å². The monoisotopic (exact) mass is 466 g/mol. The van der Waals surface area contributed by atoms with Crippen molar-refractivity contribution in [3.8, 4) is 11.1 Å². The number of nitrogens with one attached hydrogen (secondary N) is 2. The van der Waals surface area contributed by atoms with Crippen LogP contribution >= 0.6 is 11.6 Å². The van der Waals surface area contributed by atoms with Gasteiger partial charge in [-0.15, -0.1) is 0 Å². The summed E-state index contributed by atoms with van der Waals surface area (Å²) in [6, 6.07) is 15.6. The lowest BCUT2D eigenvalue weighted by Crippen LogP contribution is -2.30. The van der Waals surface area contributed by atoms with Gasteiger partial charge in [-0.1, -0.05) is 48.0 Å². The Morgan fingerprint density at radius 1 is 1.21 bits per heavy atom. The van der Waals surface area contributed by atoms with E-state index in [2.05, 4.69) is 10.3 Å². The molecular weight excluding hydrogens is 440 g/mol. The van der Waals surface area contributed by atoms with Gasteiger partial charge >= 0.3 is 0 Å². The van der Waals surface area contributed by atoms with Gasteiger partial charge in [-0.3, -0.25) is 15.2 Å². The Balaban J connectivity index is 1.93. The number of hydrogen-bond donors (Lipinski definition) is 5. The van der Waals surface area contributed by atoms with Gasteiger partial charge in [-0.25, -0.2) is 0 Å². The van der Waals surface area contributed by atoms with E-state index >= 15 is 0 Å². The highest BCUT2D eigenvalue weighted by molar-refractivity contribution is 6.33. The lowest BCUT2D eigenvalue weighted by molar-refractivity contribution is -0.120. The largest absolute Gasteiger partial charge is 0.427 e. The van der Waals surface area contributed by atoms with Gasteiger partial charge in [0, 0.05) is 35.5 Å². The van der Waals surface area contributed by atoms with Gasteiger partial charge in [0.05, 0.1) is 17.1 Å². The summed E-state index contributed by atoms with van der Waals surface area (Å²) in [5.74, 6) is -0.327. The third-order valence-corrected chi connectivity index (χ3v) is 5.20. The molecule has 1 heterocycles. The van der Waals surface area contributed by atoms with Gasteiger partial charge in [0.15, 0.2) is 5.49 Å². The first-order valence-corrected chi connectivity index (χ1v) is 10.8. The number of rotatable bonds is 7. The van der Waals surface area contributed by atoms with E-state index in [0.717, 1.165) is 10.3 Å². The van der Waals surface area contributed by atoms with Crippen molar-refractivity contribution in [1.82, 2.24) is 10.0 Å². The maximum absolute atomic E-state index is 12.8. The number of aromatic nitrogens is 1. The van der Waals surface area contributed by atoms with Crippen LogP contribution in [0.25, 0.3) is 11.1 Å². The highest BCUT2D eigenvalue weighted by Gasteiger charge is 2.19. The molecule has 1 aromatic heterocycles. The topological polar surface area (TPSA) is 143 Å². The number of carbonyl (C=O) groups excluding carboxylic acids is 1. The van der Waals surface area contributed by atoms with Crippen LogP contribution in [-0.2, 0) is 17.8 Å². The second-order valence-electron chi connectivity index (χ2n) is 7.90. The van der Waals surface area contributed by atoms with Crippen LogP contribution in [0, 0.1) is 5.41 Å². The average Bonchev–Trinajstić information content (AvgIpc) is 2.75. The standard InChI is InChI=1S/C24H27ClN6O2/c1-14(2)30-21-11-19(25)23(17-4-3-5-18(26)10-17)20(31(21)33)12-22(32)29-13-15-6-8-16(9-7-15)24(27)28/h3-11,14,33H,12-13,26H2,1-2H3,(H3,27,28)(H,29,32). The maximum Gasteiger partial charge on any atom is 0.226 e. The van der Waals surface area contributed by atoms with E-state index in [-0.39, 0.29) is 36.2 Å². The molecule has 0 bridgehead atoms. The van der Waals surface area contributed by atoms with Crippen molar-refractivity contribution in [2.75, 3.05) is 5.73 Å². The molecule has 0 aliphatic heterocycles. The number of carbonyl (C=O) groups is 1. The quantitative estimate of drug-likeness (QED) is 0.158. The smallest absolute Gasteiger partial charge is 0.226 e. The first-order valence-electron chi connectivity index (χ1n) is 10.4. The molecule has 3 aromatic rings. The zero-order valence-electron chi connectivity index (χ0n) is 18.5. The Morgan fingerprint density at radius 3 is 2.52 bits per heavy atom. The van der Waals surface area contributed by atoms with Gasteiger partial charge in [-0.05, 0) is 37.1 Å². The number of hydrogen-bond acceptors (Lipinski definition) is 5. The van der Waals surface area contributed by atoms with E-state index in [1.807, 2.05) is 19.9 Å². The van der Waals surface area contributed by atoms with Crippen LogP contribution in [0.5, 0.6) is 0 Å². The molecule has 33 heavy (non-hydrogen) atoms. The van der Waals surface area contributed by atoms with Gasteiger partial charge in [0.25, 0.3) is 0 Å². The number of anilines is 1. The Kier molecular flexibility index (Phi) is 7.40. The molecule has 0 saturated carbocycles. The molecule has 0 saturated heterocycles. The van der Waals surface area contributed by atoms with E-state index < -0.39 is 0 Å². The summed E-state index contributed by atoms with van der Waals surface area (Å²) in [5.41, 5.74) is 15.2. The molecule has 0 unspecified atom stereocenters. The summed E-state index contributed by atoms with van der Waals surface area (Å²) in [4.78, 5) is 17.2. The molecule has 0 aliphatic carbocycles. The van der Waals surface area contributed by atoms with Crippen molar-refractivity contribution in [2.45, 2.75) is 32.9 Å². The number of nitrogen functional groups attached to an aromatic ring is 2. The van der Waals surface area contributed by atoms with E-state index in [4.69, 9.17) is 28.5 Å². The zero-order valence-corrected chi connectivity index (χ0v) is 19.2. The minimum absolute atomic E-state index is 0.0178. The Hall–Kier alpha value is -3.78. The summed E-state index contributed by atoms with van der Waals surface area (Å²) >= 11 is 6.59. The molecule has 0 radical (unpaired) electrons. The third-order valence-electron chi connectivity index (χ3n) is 4.90. The molecule has 7 N–H and O–H groups in total. The fourth-order valence-corrected chi connectivity index (χ4v) is 3.68. The number of benzene rings is 2. The summed E-state index contributed by atoms with van der Waals surface area (Å²) in [6.07, 6.45) is -0.132. The number of amides is 1. The van der Waals surface area contributed by atoms with Crippen LogP contribution in [0.15, 0.2) is 59.6 Å². The first-order chi connectivity index (χ1) is 15.7. The molecule has 0 fully saturated rings. The van der Waals surface area contributed by atoms with Crippen molar-refractivity contribution < 1.29 is 10.0 Å². The summed E-state index contributed by atoms with van der Waals surface area (Å²) in [5, 5.41) is 21.6. The lowest BCUT2D eigenvalue weighted by atomic mass is 10.0. The van der Waals surface area contributed by atoms with E-state index in [9.17, 15) is 10.0 Å². The molecule has 2 aromatic carbocycles. The van der Waals surface area contributed by atoms with Gasteiger partial charge < -0.3 is 22.0 Å². The van der Waals surface area contributed by atoms with Crippen molar-refractivity contribution in [1.29, 1.82) is 5.41 Å². The fourth-order valence-electron chi connectivity index (χ4n) is 3.36. The van der Waals surface area contributed by atoms with Crippen LogP contribution in [0.1, 0.15) is 30.7 Å². The number of nitrogens with zero attached hydrogens (tertiary/aromatic N) is 2. The molecule has 8 nitrogen and oxygen atoms in total. The van der Waals surface area contributed by atoms with Gasteiger partial charge in [-0.2, -0.15) is 4.73 Å². The number of amidine groups is 1. The van der Waals surface area contributed by atoms with Gasteiger partial charge in [0.2, 0.25) is 5.91 Å². The lowest BCUT2D eigenvalue weighted by Gasteiger charge is -2.17. The maximum atomic E-state index is 12.8. The van der Waals surface area contributed by atoms with Gasteiger partial charge in [0.1, 0.15) is 5.84 Å². The highest BCUT2D eigenvalue weighted by atomic mass is 35.5. The second-order valence-corrected chi connectivity index (χ2v) is 8.30. The minimum Gasteiger partial charge on any atom is -0.427 e. The SMILES string of the molecule is CC(C)N=c1cc(Cl)c(-c2cccc(N)c2)c(CC(=O)NCc2ccc(C(=N)N)cc2)n1O. The number of halogens is 1. The number of pyridine rings is 1. The Labute approximate surface area is 197 Å². The van der Waals surface area contributed by atoms with E-state index in [1.165, 1.54) is 0 Å². The molecule has 1 amide bonds. The molecule has 0 atom stereocenters. The molecule has 0 spiro atoms. The molecular formula is C24H27ClN6O2. The molecule has 9 heteroatoms. The molecule has 3 rings (SSSR count). The van der Waals surface area contributed by atoms with E-state index in [0.29, 0.717) is 33.1 Å². The Bertz CT molecular complexity index is 1250. The van der Waals surface area contributed by atoms with Crippen molar-refractivity contribution in [3.05, 3.63) is 81.9 Å². The predicted octanol–water partition coefficient (Wildman–Crippen LogP) is 3.08. The second kappa shape index (κ2) is 10.2. The van der Waals surface area contributed by atoms with Crippen LogP contribution < -0.4 is 22.3 Å². The fraction of sp³-hybridized carbons (Fsp3) is 0.208. The minimum atomic E-state index is -0.309. The summed E-state index contributed by atoms with van der Waals surface area (Å²) < 4.78 is 0.908. The van der Waals surface area contributed by atoms with Crippen LogP contribution in [0.4, 0.5) is 5.69 Å². The van der Waals surface area contributed by atoms with Crippen LogP contribution in [-0.4, -0.2) is 27.7 Å². The van der Waals surface area contributed by atoms with Crippen molar-refractivity contribution in [2.24, 2.45) is 10.7 Å². The predicted molar refractivity (Wildman–Crippen MR) is 130 cm³/mol. The molecule has 0 aliphatic rings.